The molecule has 3 aliphatic carbocycles. The Bertz CT molecular complexity index is 764. The fraction of sp³-hybridized carbons (Fsp3) is 0.724. The Morgan fingerprint density at radius 2 is 1.77 bits per heavy atom. The first kappa shape index (κ1) is 23.0. The molecule has 172 valence electrons. The molecule has 0 nitrogen and oxygen atoms in total. The number of benzene rings is 1. The van der Waals surface area contributed by atoms with Crippen LogP contribution in [0, 0.1) is 35.3 Å². The summed E-state index contributed by atoms with van der Waals surface area (Å²) < 4.78 is 30.8. The topological polar surface area (TPSA) is 0 Å². The van der Waals surface area contributed by atoms with Crippen LogP contribution < -0.4 is 0 Å². The SMILES string of the molecule is C/C=C/CCC1CCC2CC(c3c(F)cc4c(c3F)CCC(CCCC)C4)CCC2C1. The van der Waals surface area contributed by atoms with E-state index in [4.69, 9.17) is 0 Å². The first-order valence-electron chi connectivity index (χ1n) is 13.2. The maximum Gasteiger partial charge on any atom is 0.133 e. The van der Waals surface area contributed by atoms with Gasteiger partial charge < -0.3 is 0 Å². The lowest BCUT2D eigenvalue weighted by Crippen LogP contribution is -2.31. The lowest BCUT2D eigenvalue weighted by molar-refractivity contribution is 0.113. The highest BCUT2D eigenvalue weighted by Gasteiger charge is 2.38. The molecule has 4 rings (SSSR count). The van der Waals surface area contributed by atoms with Crippen LogP contribution in [-0.2, 0) is 12.8 Å². The second-order valence-electron chi connectivity index (χ2n) is 10.8. The van der Waals surface area contributed by atoms with E-state index in [0.717, 1.165) is 61.5 Å². The first-order chi connectivity index (χ1) is 15.1. The zero-order valence-corrected chi connectivity index (χ0v) is 19.8. The predicted molar refractivity (Wildman–Crippen MR) is 126 cm³/mol. The van der Waals surface area contributed by atoms with Crippen LogP contribution in [-0.4, -0.2) is 0 Å². The molecule has 3 aliphatic rings. The van der Waals surface area contributed by atoms with Gasteiger partial charge in [-0.3, -0.25) is 0 Å². The van der Waals surface area contributed by atoms with Crippen molar-refractivity contribution in [3.05, 3.63) is 46.5 Å². The van der Waals surface area contributed by atoms with E-state index >= 15 is 8.78 Å². The summed E-state index contributed by atoms with van der Waals surface area (Å²) in [4.78, 5) is 0. The van der Waals surface area contributed by atoms with Gasteiger partial charge in [0.05, 0.1) is 0 Å². The zero-order chi connectivity index (χ0) is 21.8. The van der Waals surface area contributed by atoms with Crippen molar-refractivity contribution in [2.45, 2.75) is 110 Å². The fourth-order valence-corrected chi connectivity index (χ4v) is 7.06. The van der Waals surface area contributed by atoms with Crippen LogP contribution in [0.5, 0.6) is 0 Å². The summed E-state index contributed by atoms with van der Waals surface area (Å²) in [7, 11) is 0. The van der Waals surface area contributed by atoms with E-state index in [1.807, 2.05) is 0 Å². The summed E-state index contributed by atoms with van der Waals surface area (Å²) in [5.41, 5.74) is 2.25. The normalized spacial score (nSPS) is 30.9. The van der Waals surface area contributed by atoms with Crippen molar-refractivity contribution in [2.24, 2.45) is 23.7 Å². The summed E-state index contributed by atoms with van der Waals surface area (Å²) in [5, 5.41) is 0. The van der Waals surface area contributed by atoms with Crippen molar-refractivity contribution in [1.82, 2.24) is 0 Å². The minimum atomic E-state index is -0.254. The molecular weight excluding hydrogens is 386 g/mol. The second-order valence-corrected chi connectivity index (χ2v) is 10.8. The minimum Gasteiger partial charge on any atom is -0.207 e. The van der Waals surface area contributed by atoms with E-state index < -0.39 is 0 Å². The Labute approximate surface area is 188 Å². The fourth-order valence-electron chi connectivity index (χ4n) is 7.06. The quantitative estimate of drug-likeness (QED) is 0.380. The van der Waals surface area contributed by atoms with Gasteiger partial charge in [0.1, 0.15) is 11.6 Å². The van der Waals surface area contributed by atoms with Gasteiger partial charge in [0.25, 0.3) is 0 Å². The Morgan fingerprint density at radius 3 is 2.58 bits per heavy atom. The van der Waals surface area contributed by atoms with E-state index in [1.54, 1.807) is 6.07 Å². The summed E-state index contributed by atoms with van der Waals surface area (Å²) in [6.07, 6.45) is 20.3. The number of fused-ring (bicyclic) bond motifs is 2. The Hall–Kier alpha value is -1.18. The second kappa shape index (κ2) is 10.6. The van der Waals surface area contributed by atoms with Crippen LogP contribution in [0.15, 0.2) is 18.2 Å². The molecule has 0 N–H and O–H groups in total. The smallest absolute Gasteiger partial charge is 0.133 e. The molecule has 0 spiro atoms. The van der Waals surface area contributed by atoms with Crippen LogP contribution in [0.25, 0.3) is 0 Å². The third-order valence-electron chi connectivity index (χ3n) is 8.83. The van der Waals surface area contributed by atoms with Crippen molar-refractivity contribution in [3.63, 3.8) is 0 Å². The molecule has 31 heavy (non-hydrogen) atoms. The summed E-state index contributed by atoms with van der Waals surface area (Å²) >= 11 is 0. The summed E-state index contributed by atoms with van der Waals surface area (Å²) in [6.45, 7) is 4.31. The average molecular weight is 429 g/mol. The van der Waals surface area contributed by atoms with Gasteiger partial charge in [0.2, 0.25) is 0 Å². The molecule has 0 aliphatic heterocycles. The average Bonchev–Trinajstić information content (AvgIpc) is 2.77. The van der Waals surface area contributed by atoms with E-state index in [-0.39, 0.29) is 17.6 Å². The molecule has 0 heterocycles. The molecular formula is C29H42F2. The van der Waals surface area contributed by atoms with Gasteiger partial charge in [0.15, 0.2) is 0 Å². The number of hydrogen-bond donors (Lipinski definition) is 0. The van der Waals surface area contributed by atoms with Gasteiger partial charge in [-0.1, -0.05) is 44.8 Å². The Morgan fingerprint density at radius 1 is 0.968 bits per heavy atom. The molecule has 0 aromatic heterocycles. The Balaban J connectivity index is 1.42. The van der Waals surface area contributed by atoms with Gasteiger partial charge in [0, 0.05) is 5.56 Å². The van der Waals surface area contributed by atoms with Crippen molar-refractivity contribution in [3.8, 4) is 0 Å². The van der Waals surface area contributed by atoms with E-state index in [9.17, 15) is 0 Å². The lowest BCUT2D eigenvalue weighted by atomic mass is 9.63. The molecule has 5 atom stereocenters. The van der Waals surface area contributed by atoms with Gasteiger partial charge in [-0.2, -0.15) is 0 Å². The molecule has 2 saturated carbocycles. The van der Waals surface area contributed by atoms with E-state index in [1.165, 1.54) is 51.4 Å². The molecule has 1 aromatic rings. The molecule has 0 amide bonds. The highest BCUT2D eigenvalue weighted by molar-refractivity contribution is 5.39. The standard InChI is InChI=1S/C29H42F2/c1-3-5-7-9-21-10-12-23-18-24(14-13-22(23)16-21)28-27(30)19-25-17-20(8-6-4-2)11-15-26(25)29(28)31/h3,5,19-24H,4,6-18H2,1-2H3/b5-3+. The van der Waals surface area contributed by atoms with Crippen LogP contribution in [0.3, 0.4) is 0 Å². The molecule has 5 unspecified atom stereocenters. The molecule has 2 heteroatoms. The maximum atomic E-state index is 15.6. The number of halogens is 2. The van der Waals surface area contributed by atoms with Crippen LogP contribution >= 0.6 is 0 Å². The van der Waals surface area contributed by atoms with E-state index in [0.29, 0.717) is 17.4 Å². The highest BCUT2D eigenvalue weighted by Crippen LogP contribution is 2.49. The molecule has 0 radical (unpaired) electrons. The lowest BCUT2D eigenvalue weighted by Gasteiger charge is -2.42. The van der Waals surface area contributed by atoms with Crippen LogP contribution in [0.1, 0.15) is 114 Å². The summed E-state index contributed by atoms with van der Waals surface area (Å²) in [5.74, 6) is 2.57. The van der Waals surface area contributed by atoms with Crippen LogP contribution in [0.4, 0.5) is 8.78 Å². The molecule has 0 saturated heterocycles. The monoisotopic (exact) mass is 428 g/mol. The number of unbranched alkanes of at least 4 members (excludes halogenated alkanes) is 1. The van der Waals surface area contributed by atoms with E-state index in [2.05, 4.69) is 26.0 Å². The van der Waals surface area contributed by atoms with Gasteiger partial charge in [-0.05, 0) is 118 Å². The van der Waals surface area contributed by atoms with Crippen molar-refractivity contribution in [1.29, 1.82) is 0 Å². The first-order valence-corrected chi connectivity index (χ1v) is 13.2. The predicted octanol–water partition coefficient (Wildman–Crippen LogP) is 8.92. The highest BCUT2D eigenvalue weighted by atomic mass is 19.1. The summed E-state index contributed by atoms with van der Waals surface area (Å²) in [6, 6.07) is 1.72. The molecule has 2 fully saturated rings. The maximum absolute atomic E-state index is 15.6. The molecule has 0 bridgehead atoms. The van der Waals surface area contributed by atoms with Crippen LogP contribution in [0.2, 0.25) is 0 Å². The minimum absolute atomic E-state index is 0.0870. The van der Waals surface area contributed by atoms with Crippen molar-refractivity contribution in [2.75, 3.05) is 0 Å². The number of allylic oxidation sites excluding steroid dienone is 2. The number of hydrogen-bond acceptors (Lipinski definition) is 0. The van der Waals surface area contributed by atoms with Gasteiger partial charge in [-0.25, -0.2) is 8.78 Å². The number of rotatable bonds is 7. The van der Waals surface area contributed by atoms with Gasteiger partial charge >= 0.3 is 0 Å². The third kappa shape index (κ3) is 5.25. The largest absolute Gasteiger partial charge is 0.207 e. The van der Waals surface area contributed by atoms with Crippen molar-refractivity contribution >= 4 is 0 Å². The Kier molecular flexibility index (Phi) is 7.88. The molecule has 1 aromatic carbocycles. The third-order valence-corrected chi connectivity index (χ3v) is 8.83. The van der Waals surface area contributed by atoms with Crippen molar-refractivity contribution < 1.29 is 8.78 Å². The van der Waals surface area contributed by atoms with Gasteiger partial charge in [-0.15, -0.1) is 0 Å². The zero-order valence-electron chi connectivity index (χ0n) is 19.8.